The zero-order valence-electron chi connectivity index (χ0n) is 12.7. The summed E-state index contributed by atoms with van der Waals surface area (Å²) in [6, 6.07) is -0.582. The molecule has 1 atom stereocenters. The van der Waals surface area contributed by atoms with Crippen LogP contribution in [0, 0.1) is 0 Å². The lowest BCUT2D eigenvalue weighted by molar-refractivity contribution is -0.145. The molecule has 2 rings (SSSR count). The maximum absolute atomic E-state index is 12.8. The van der Waals surface area contributed by atoms with Crippen LogP contribution >= 0.6 is 0 Å². The number of alkyl halides is 3. The molecule has 0 amide bonds. The second-order valence-electron chi connectivity index (χ2n) is 5.48. The van der Waals surface area contributed by atoms with E-state index in [0.29, 0.717) is 5.56 Å². The molecule has 0 saturated heterocycles. The largest absolute Gasteiger partial charge is 0.493 e. The van der Waals surface area contributed by atoms with Crippen molar-refractivity contribution in [3.63, 3.8) is 0 Å². The number of nitrogens with zero attached hydrogens (tertiary/aromatic N) is 5. The summed E-state index contributed by atoms with van der Waals surface area (Å²) in [7, 11) is 0. The number of hydrogen-bond acceptors (Lipinski definition) is 6. The third-order valence-corrected chi connectivity index (χ3v) is 3.23. The molecule has 0 spiro atoms. The first-order valence-electron chi connectivity index (χ1n) is 6.86. The molecule has 2 heterocycles. The van der Waals surface area contributed by atoms with Crippen LogP contribution in [0.2, 0.25) is 0 Å². The lowest BCUT2D eigenvalue weighted by Crippen LogP contribution is -2.13. The maximum atomic E-state index is 12.8. The molecular weight excluding hydrogens is 315 g/mol. The summed E-state index contributed by atoms with van der Waals surface area (Å²) in [6.07, 6.45) is -3.40. The Morgan fingerprint density at radius 3 is 2.35 bits per heavy atom. The molecule has 0 fully saturated rings. The van der Waals surface area contributed by atoms with Crippen molar-refractivity contribution in [1.29, 1.82) is 0 Å². The number of rotatable bonds is 4. The van der Waals surface area contributed by atoms with Gasteiger partial charge in [-0.3, -0.25) is 0 Å². The second kappa shape index (κ2) is 6.01. The minimum Gasteiger partial charge on any atom is -0.493 e. The summed E-state index contributed by atoms with van der Waals surface area (Å²) in [5, 5.41) is 22.3. The van der Waals surface area contributed by atoms with E-state index in [1.807, 2.05) is 0 Å². The highest BCUT2D eigenvalue weighted by molar-refractivity contribution is 5.26. The standard InChI is InChI=1S/C13H16F3N5O2/c1-6(2)9-18-11(13(14,15)16)20-21(9)5-7(3)8-4-17-12(23)19-10(8)22/h4,6-7H,5H2,1-3H3,(H2,17,19,22,23)/t7-/m0/s1. The summed E-state index contributed by atoms with van der Waals surface area (Å²) < 4.78 is 39.5. The Bertz CT molecular complexity index is 699. The average Bonchev–Trinajstić information content (AvgIpc) is 2.82. The van der Waals surface area contributed by atoms with Crippen molar-refractivity contribution >= 4 is 0 Å². The Morgan fingerprint density at radius 1 is 1.17 bits per heavy atom. The minimum atomic E-state index is -4.62. The van der Waals surface area contributed by atoms with Gasteiger partial charge >= 0.3 is 12.2 Å². The fourth-order valence-corrected chi connectivity index (χ4v) is 2.11. The Balaban J connectivity index is 2.33. The number of aromatic hydroxyl groups is 2. The molecule has 10 heteroatoms. The summed E-state index contributed by atoms with van der Waals surface area (Å²) in [4.78, 5) is 10.5. The molecule has 0 aromatic carbocycles. The van der Waals surface area contributed by atoms with Gasteiger partial charge in [0.1, 0.15) is 5.82 Å². The minimum absolute atomic E-state index is 0.0539. The molecule has 0 aliphatic carbocycles. The molecular formula is C13H16F3N5O2. The Labute approximate surface area is 129 Å². The summed E-state index contributed by atoms with van der Waals surface area (Å²) in [6.45, 7) is 5.16. The monoisotopic (exact) mass is 331 g/mol. The molecule has 0 saturated carbocycles. The molecule has 0 unspecified atom stereocenters. The van der Waals surface area contributed by atoms with Crippen LogP contribution in [0.25, 0.3) is 0 Å². The van der Waals surface area contributed by atoms with Gasteiger partial charge in [0.15, 0.2) is 0 Å². The molecule has 7 nitrogen and oxygen atoms in total. The Hall–Kier alpha value is -2.39. The van der Waals surface area contributed by atoms with Crippen molar-refractivity contribution in [2.24, 2.45) is 0 Å². The highest BCUT2D eigenvalue weighted by Crippen LogP contribution is 2.30. The van der Waals surface area contributed by atoms with Crippen LogP contribution in [0.4, 0.5) is 13.2 Å². The fraction of sp³-hybridized carbons (Fsp3) is 0.538. The van der Waals surface area contributed by atoms with Gasteiger partial charge < -0.3 is 10.2 Å². The third kappa shape index (κ3) is 3.69. The van der Waals surface area contributed by atoms with E-state index in [1.54, 1.807) is 20.8 Å². The first kappa shape index (κ1) is 17.0. The Kier molecular flexibility index (Phi) is 4.44. The van der Waals surface area contributed by atoms with Gasteiger partial charge in [0, 0.05) is 30.1 Å². The summed E-state index contributed by atoms with van der Waals surface area (Å²) in [5.41, 5.74) is 0.293. The van der Waals surface area contributed by atoms with Gasteiger partial charge in [-0.2, -0.15) is 18.2 Å². The predicted octanol–water partition coefficient (Wildman–Crippen LogP) is 2.43. The van der Waals surface area contributed by atoms with Gasteiger partial charge in [0.05, 0.1) is 0 Å². The topological polar surface area (TPSA) is 97.0 Å². The predicted molar refractivity (Wildman–Crippen MR) is 72.9 cm³/mol. The van der Waals surface area contributed by atoms with Gasteiger partial charge in [-0.1, -0.05) is 20.8 Å². The third-order valence-electron chi connectivity index (χ3n) is 3.23. The first-order chi connectivity index (χ1) is 10.6. The van der Waals surface area contributed by atoms with Crippen LogP contribution in [-0.2, 0) is 12.7 Å². The summed E-state index contributed by atoms with van der Waals surface area (Å²) >= 11 is 0. The van der Waals surface area contributed by atoms with E-state index in [9.17, 15) is 18.3 Å². The van der Waals surface area contributed by atoms with Gasteiger partial charge in [-0.15, -0.1) is 5.10 Å². The van der Waals surface area contributed by atoms with Crippen molar-refractivity contribution in [2.45, 2.75) is 45.3 Å². The van der Waals surface area contributed by atoms with E-state index in [0.717, 1.165) is 0 Å². The van der Waals surface area contributed by atoms with Gasteiger partial charge in [0.2, 0.25) is 5.88 Å². The molecule has 23 heavy (non-hydrogen) atoms. The van der Waals surface area contributed by atoms with Crippen LogP contribution in [0.3, 0.4) is 0 Å². The van der Waals surface area contributed by atoms with E-state index in [-0.39, 0.29) is 18.3 Å². The number of hydrogen-bond donors (Lipinski definition) is 2. The quantitative estimate of drug-likeness (QED) is 0.893. The van der Waals surface area contributed by atoms with Crippen LogP contribution in [0.5, 0.6) is 11.9 Å². The molecule has 0 radical (unpaired) electrons. The van der Waals surface area contributed by atoms with Crippen molar-refractivity contribution in [3.8, 4) is 11.9 Å². The van der Waals surface area contributed by atoms with Crippen molar-refractivity contribution in [3.05, 3.63) is 23.4 Å². The van der Waals surface area contributed by atoms with Gasteiger partial charge in [-0.25, -0.2) is 14.6 Å². The SMILES string of the molecule is CC(C)c1nc(C(F)(F)F)nn1C[C@H](C)c1cnc(O)nc1O. The molecule has 2 aromatic rings. The lowest BCUT2D eigenvalue weighted by atomic mass is 10.0. The van der Waals surface area contributed by atoms with E-state index < -0.39 is 29.8 Å². The average molecular weight is 331 g/mol. The van der Waals surface area contributed by atoms with Crippen LogP contribution in [-0.4, -0.2) is 34.9 Å². The van der Waals surface area contributed by atoms with Gasteiger partial charge in [-0.05, 0) is 0 Å². The van der Waals surface area contributed by atoms with E-state index in [4.69, 9.17) is 5.11 Å². The normalized spacial score (nSPS) is 13.5. The van der Waals surface area contributed by atoms with Crippen molar-refractivity contribution in [2.75, 3.05) is 0 Å². The zero-order chi connectivity index (χ0) is 17.4. The second-order valence-corrected chi connectivity index (χ2v) is 5.48. The van der Waals surface area contributed by atoms with E-state index in [2.05, 4.69) is 20.1 Å². The molecule has 0 bridgehead atoms. The number of halogens is 3. The zero-order valence-corrected chi connectivity index (χ0v) is 12.7. The number of aromatic nitrogens is 5. The Morgan fingerprint density at radius 2 is 1.83 bits per heavy atom. The van der Waals surface area contributed by atoms with E-state index in [1.165, 1.54) is 10.9 Å². The fourth-order valence-electron chi connectivity index (χ4n) is 2.11. The van der Waals surface area contributed by atoms with Crippen molar-refractivity contribution < 1.29 is 23.4 Å². The summed E-state index contributed by atoms with van der Waals surface area (Å²) in [5.74, 6) is -2.11. The van der Waals surface area contributed by atoms with Crippen molar-refractivity contribution in [1.82, 2.24) is 24.7 Å². The molecule has 0 aliphatic heterocycles. The van der Waals surface area contributed by atoms with Crippen LogP contribution in [0.1, 0.15) is 49.8 Å². The smallest absolute Gasteiger partial charge is 0.453 e. The highest BCUT2D eigenvalue weighted by Gasteiger charge is 2.37. The lowest BCUT2D eigenvalue weighted by Gasteiger charge is -2.15. The maximum Gasteiger partial charge on any atom is 0.453 e. The van der Waals surface area contributed by atoms with Crippen LogP contribution < -0.4 is 0 Å². The van der Waals surface area contributed by atoms with E-state index >= 15 is 0 Å². The highest BCUT2D eigenvalue weighted by atomic mass is 19.4. The van der Waals surface area contributed by atoms with Gasteiger partial charge in [0.25, 0.3) is 5.82 Å². The first-order valence-corrected chi connectivity index (χ1v) is 6.86. The molecule has 126 valence electrons. The van der Waals surface area contributed by atoms with Crippen LogP contribution in [0.15, 0.2) is 6.20 Å². The molecule has 0 aliphatic rings. The molecule has 2 aromatic heterocycles. The molecule has 2 N–H and O–H groups in total.